The topological polar surface area (TPSA) is 42.5 Å². The highest BCUT2D eigenvalue weighted by atomic mass is 19.4. The Balaban J connectivity index is 1.64. The van der Waals surface area contributed by atoms with Crippen LogP contribution < -0.4 is 0 Å². The summed E-state index contributed by atoms with van der Waals surface area (Å²) in [6.07, 6.45) is -4.37. The van der Waals surface area contributed by atoms with Crippen LogP contribution in [0.5, 0.6) is 0 Å². The van der Waals surface area contributed by atoms with Gasteiger partial charge in [-0.2, -0.15) is 19.7 Å². The molecule has 30 heavy (non-hydrogen) atoms. The molecule has 1 aromatic heterocycles. The molecule has 3 aromatic carbocycles. The Morgan fingerprint density at radius 1 is 0.767 bits per heavy atom. The summed E-state index contributed by atoms with van der Waals surface area (Å²) in [5, 5.41) is 3.93. The van der Waals surface area contributed by atoms with E-state index in [0.29, 0.717) is 33.7 Å². The van der Waals surface area contributed by atoms with Crippen molar-refractivity contribution in [3.63, 3.8) is 0 Å². The maximum absolute atomic E-state index is 12.8. The average molecular weight is 400 g/mol. The molecule has 0 fully saturated rings. The average Bonchev–Trinajstić information content (AvgIpc) is 3.05. The first-order chi connectivity index (χ1) is 14.5. The van der Waals surface area contributed by atoms with Gasteiger partial charge in [0.15, 0.2) is 5.71 Å². The second-order valence-corrected chi connectivity index (χ2v) is 6.79. The van der Waals surface area contributed by atoms with E-state index in [9.17, 15) is 13.2 Å². The zero-order valence-electron chi connectivity index (χ0n) is 15.3. The van der Waals surface area contributed by atoms with Gasteiger partial charge in [0.25, 0.3) is 0 Å². The minimum Gasteiger partial charge on any atom is -0.244 e. The first-order valence-electron chi connectivity index (χ1n) is 9.00. The van der Waals surface area contributed by atoms with E-state index in [-0.39, 0.29) is 0 Å². The highest BCUT2D eigenvalue weighted by molar-refractivity contribution is 6.23. The molecule has 5 rings (SSSR count). The van der Waals surface area contributed by atoms with E-state index >= 15 is 0 Å². The molecule has 0 saturated carbocycles. The molecule has 0 unspecified atom stereocenters. The largest absolute Gasteiger partial charge is 0.416 e. The van der Waals surface area contributed by atoms with E-state index in [1.165, 1.54) is 12.1 Å². The Labute approximate surface area is 169 Å². The Bertz CT molecular complexity index is 1380. The lowest BCUT2D eigenvalue weighted by molar-refractivity contribution is -0.137. The Hall–Kier alpha value is -4.05. The van der Waals surface area contributed by atoms with E-state index in [1.54, 1.807) is 18.2 Å². The van der Waals surface area contributed by atoms with Crippen LogP contribution in [0.3, 0.4) is 0 Å². The summed E-state index contributed by atoms with van der Waals surface area (Å²) in [4.78, 5) is 12.6. The number of aromatic nitrogens is 2. The molecule has 0 aliphatic heterocycles. The molecule has 0 radical (unpaired) electrons. The van der Waals surface area contributed by atoms with Crippen LogP contribution in [0.4, 0.5) is 13.2 Å². The number of nitrogens with zero attached hydrogens (tertiary/aromatic N) is 4. The van der Waals surface area contributed by atoms with Crippen molar-refractivity contribution in [3.8, 4) is 22.4 Å². The van der Waals surface area contributed by atoms with Crippen molar-refractivity contribution in [2.45, 2.75) is 6.18 Å². The standard InChI is InChI=1S/C23H11F3N4/c1-27-30-21-17-5-3-2-4-16(17)20-22(21)29-19-12-14(8-11-18(19)28-20)13-6-9-15(10-7-13)23(24,25)26/h2-12H/b30-21-. The van der Waals surface area contributed by atoms with Gasteiger partial charge in [0.1, 0.15) is 5.69 Å². The van der Waals surface area contributed by atoms with Crippen molar-refractivity contribution in [1.82, 2.24) is 9.97 Å². The SMILES string of the molecule is [C-]#[N+]/N=C1/c2ccccc2-c2nc3ccc(-c4ccc(C(F)(F)F)cc4)cc3nc21. The normalized spacial score (nSPS) is 13.9. The maximum atomic E-state index is 12.8. The molecule has 0 bridgehead atoms. The van der Waals surface area contributed by atoms with Crippen molar-refractivity contribution in [1.29, 1.82) is 0 Å². The van der Waals surface area contributed by atoms with Gasteiger partial charge in [-0.25, -0.2) is 9.97 Å². The number of hydrogen-bond donors (Lipinski definition) is 0. The quantitative estimate of drug-likeness (QED) is 0.257. The van der Waals surface area contributed by atoms with Gasteiger partial charge in [0, 0.05) is 11.1 Å². The van der Waals surface area contributed by atoms with Gasteiger partial charge >= 0.3 is 6.18 Å². The summed E-state index contributed by atoms with van der Waals surface area (Å²) in [5.41, 5.74) is 5.27. The summed E-state index contributed by atoms with van der Waals surface area (Å²) in [6.45, 7) is 7.13. The third-order valence-corrected chi connectivity index (χ3v) is 5.02. The zero-order chi connectivity index (χ0) is 20.9. The van der Waals surface area contributed by atoms with Crippen molar-refractivity contribution < 1.29 is 13.2 Å². The molecular formula is C23H11F3N4. The fourth-order valence-corrected chi connectivity index (χ4v) is 3.61. The fourth-order valence-electron chi connectivity index (χ4n) is 3.61. The summed E-state index contributed by atoms with van der Waals surface area (Å²) in [6, 6.07) is 17.9. The van der Waals surface area contributed by atoms with Crippen LogP contribution in [0.25, 0.3) is 38.4 Å². The van der Waals surface area contributed by atoms with Crippen molar-refractivity contribution >= 4 is 16.7 Å². The van der Waals surface area contributed by atoms with Crippen LogP contribution in [0.1, 0.15) is 16.8 Å². The van der Waals surface area contributed by atoms with E-state index in [4.69, 9.17) is 16.5 Å². The predicted octanol–water partition coefficient (Wildman–Crippen LogP) is 5.97. The van der Waals surface area contributed by atoms with Gasteiger partial charge in [0.2, 0.25) is 0 Å². The number of benzene rings is 3. The minimum absolute atomic E-state index is 0.477. The third kappa shape index (κ3) is 2.81. The molecule has 4 aromatic rings. The van der Waals surface area contributed by atoms with Crippen molar-refractivity contribution in [2.24, 2.45) is 5.10 Å². The maximum Gasteiger partial charge on any atom is 0.416 e. The van der Waals surface area contributed by atoms with E-state index in [2.05, 4.69) is 10.1 Å². The molecule has 0 N–H and O–H groups in total. The fraction of sp³-hybridized carbons (Fsp3) is 0.0435. The monoisotopic (exact) mass is 400 g/mol. The number of rotatable bonds is 1. The van der Waals surface area contributed by atoms with E-state index in [1.807, 2.05) is 24.3 Å². The van der Waals surface area contributed by atoms with E-state index in [0.717, 1.165) is 28.8 Å². The smallest absolute Gasteiger partial charge is 0.244 e. The number of hydrogen-bond acceptors (Lipinski definition) is 3. The number of alkyl halides is 3. The predicted molar refractivity (Wildman–Crippen MR) is 108 cm³/mol. The van der Waals surface area contributed by atoms with Crippen LogP contribution in [0, 0.1) is 6.57 Å². The van der Waals surface area contributed by atoms with Gasteiger partial charge < -0.3 is 0 Å². The van der Waals surface area contributed by atoms with Gasteiger partial charge in [-0.05, 0) is 35.4 Å². The van der Waals surface area contributed by atoms with Crippen LogP contribution in [0.2, 0.25) is 0 Å². The van der Waals surface area contributed by atoms with Crippen LogP contribution >= 0.6 is 0 Å². The first-order valence-corrected chi connectivity index (χ1v) is 9.00. The Morgan fingerprint density at radius 3 is 2.13 bits per heavy atom. The molecule has 0 saturated heterocycles. The lowest BCUT2D eigenvalue weighted by Gasteiger charge is -2.09. The molecule has 4 nitrogen and oxygen atoms in total. The molecule has 144 valence electrons. The molecule has 0 amide bonds. The van der Waals surface area contributed by atoms with Gasteiger partial charge in [-0.15, -0.1) is 4.95 Å². The highest BCUT2D eigenvalue weighted by Crippen LogP contribution is 2.36. The Morgan fingerprint density at radius 2 is 1.43 bits per heavy atom. The summed E-state index contributed by atoms with van der Waals surface area (Å²) in [5.74, 6) is 0. The molecule has 1 aliphatic carbocycles. The lowest BCUT2D eigenvalue weighted by atomic mass is 10.0. The molecule has 1 heterocycles. The Kier molecular flexibility index (Phi) is 3.90. The summed E-state index contributed by atoms with van der Waals surface area (Å²) >= 11 is 0. The first kappa shape index (κ1) is 18.0. The molecular weight excluding hydrogens is 389 g/mol. The lowest BCUT2D eigenvalue weighted by Crippen LogP contribution is -2.04. The highest BCUT2D eigenvalue weighted by Gasteiger charge is 2.31. The number of halogens is 3. The summed E-state index contributed by atoms with van der Waals surface area (Å²) in [7, 11) is 0. The van der Waals surface area contributed by atoms with Crippen molar-refractivity contribution in [2.75, 3.05) is 0 Å². The third-order valence-electron chi connectivity index (χ3n) is 5.02. The van der Waals surface area contributed by atoms with Crippen LogP contribution in [-0.4, -0.2) is 15.7 Å². The molecule has 1 aliphatic rings. The molecule has 0 atom stereocenters. The van der Waals surface area contributed by atoms with Gasteiger partial charge in [-0.3, -0.25) is 0 Å². The van der Waals surface area contributed by atoms with Crippen LogP contribution in [0.15, 0.2) is 71.8 Å². The van der Waals surface area contributed by atoms with Crippen LogP contribution in [-0.2, 0) is 6.18 Å². The summed E-state index contributed by atoms with van der Waals surface area (Å²) < 4.78 is 38.5. The zero-order valence-corrected chi connectivity index (χ0v) is 15.3. The van der Waals surface area contributed by atoms with Gasteiger partial charge in [-0.1, -0.05) is 42.5 Å². The van der Waals surface area contributed by atoms with E-state index < -0.39 is 11.7 Å². The van der Waals surface area contributed by atoms with Crippen molar-refractivity contribution in [3.05, 3.63) is 95.1 Å². The number of fused-ring (bicyclic) bond motifs is 4. The second-order valence-electron chi connectivity index (χ2n) is 6.79. The van der Waals surface area contributed by atoms with Gasteiger partial charge in [0.05, 0.1) is 27.4 Å². The minimum atomic E-state index is -4.37. The molecule has 7 heteroatoms. The second kappa shape index (κ2) is 6.49. The molecule has 0 spiro atoms.